The summed E-state index contributed by atoms with van der Waals surface area (Å²) in [5.74, 6) is -0.840. The van der Waals surface area contributed by atoms with Crippen molar-refractivity contribution in [3.63, 3.8) is 0 Å². The van der Waals surface area contributed by atoms with Gasteiger partial charge < -0.3 is 20.6 Å². The molecule has 0 aromatic rings. The molecular formula is C14H29F2N2O4P. The second kappa shape index (κ2) is 28.7. The molecule has 1 amide bonds. The van der Waals surface area contributed by atoms with Gasteiger partial charge in [0, 0.05) is 13.0 Å². The highest BCUT2D eigenvalue weighted by molar-refractivity contribution is 7.16. The Kier molecular flexibility index (Phi) is 36.9. The molecule has 1 unspecified atom stereocenters. The van der Waals surface area contributed by atoms with Crippen molar-refractivity contribution in [2.24, 2.45) is 5.73 Å². The van der Waals surface area contributed by atoms with Crippen LogP contribution in [0.1, 0.15) is 33.1 Å². The number of carbonyl (C=O) groups is 3. The van der Waals surface area contributed by atoms with Gasteiger partial charge in [0.1, 0.15) is 12.7 Å². The molecule has 0 saturated heterocycles. The van der Waals surface area contributed by atoms with Gasteiger partial charge in [-0.3, -0.25) is 9.59 Å². The van der Waals surface area contributed by atoms with Crippen molar-refractivity contribution >= 4 is 27.4 Å². The molecule has 0 radical (unpaired) electrons. The monoisotopic (exact) mass is 358 g/mol. The third kappa shape index (κ3) is 53.0. The number of hydrogen-bond acceptors (Lipinski definition) is 5. The van der Waals surface area contributed by atoms with Gasteiger partial charge in [-0.1, -0.05) is 28.3 Å². The number of allylic oxidation sites excluding steroid dienone is 1. The lowest BCUT2D eigenvalue weighted by Crippen LogP contribution is -2.26. The van der Waals surface area contributed by atoms with E-state index in [1.807, 2.05) is 19.9 Å². The third-order valence-corrected chi connectivity index (χ3v) is 1.59. The Hall–Kier alpha value is -1.40. The van der Waals surface area contributed by atoms with Gasteiger partial charge in [-0.2, -0.15) is 0 Å². The molecule has 0 spiro atoms. The van der Waals surface area contributed by atoms with Crippen LogP contribution in [0, 0.1) is 0 Å². The van der Waals surface area contributed by atoms with Crippen molar-refractivity contribution in [1.29, 1.82) is 0 Å². The molecule has 6 nitrogen and oxygen atoms in total. The fourth-order valence-electron chi connectivity index (χ4n) is 0.674. The van der Waals surface area contributed by atoms with Crippen LogP contribution >= 0.6 is 9.24 Å². The molecule has 0 aliphatic rings. The van der Waals surface area contributed by atoms with Gasteiger partial charge in [0.2, 0.25) is 12.1 Å². The number of halogens is 2. The maximum atomic E-state index is 10.8. The molecule has 0 saturated carbocycles. The van der Waals surface area contributed by atoms with E-state index in [0.717, 1.165) is 12.7 Å². The number of methoxy groups -OCH3 is 1. The first kappa shape index (κ1) is 29.6. The zero-order valence-electron chi connectivity index (χ0n) is 14.2. The normalized spacial score (nSPS) is 8.57. The van der Waals surface area contributed by atoms with Crippen LogP contribution in [0.25, 0.3) is 0 Å². The van der Waals surface area contributed by atoms with Crippen molar-refractivity contribution in [1.82, 2.24) is 5.32 Å². The summed E-state index contributed by atoms with van der Waals surface area (Å²) in [6.45, 7) is 4.28. The summed E-state index contributed by atoms with van der Waals surface area (Å²) in [5.41, 5.74) is 4.50. The Labute approximate surface area is 139 Å². The second-order valence-electron chi connectivity index (χ2n) is 3.42. The zero-order valence-corrected chi connectivity index (χ0v) is 15.3. The van der Waals surface area contributed by atoms with E-state index in [1.165, 1.54) is 23.4 Å². The number of hydrogen-bond donors (Lipinski definition) is 2. The van der Waals surface area contributed by atoms with Gasteiger partial charge in [0.15, 0.2) is 0 Å². The lowest BCUT2D eigenvalue weighted by molar-refractivity contribution is -0.143. The van der Waals surface area contributed by atoms with E-state index in [1.54, 1.807) is 6.08 Å². The standard InChI is InChI=1S/C8H13NO3.C4H8O.CH3F2P.CH5N/c1-3-4-5-9-7(10)6-8(11)12-2;1-2-3-4-5;2-1(3)4;1-2/h3-4H,5-6H2,1-2H3,(H,9,10);4H,2-3H2,1H3;1H,4H2;2H2,1H3/b4-3+;;;. The van der Waals surface area contributed by atoms with Crippen LogP contribution in [0.2, 0.25) is 0 Å². The average Bonchev–Trinajstić information content (AvgIpc) is 2.50. The molecule has 0 heterocycles. The summed E-state index contributed by atoms with van der Waals surface area (Å²) in [7, 11) is 4.08. The zero-order chi connectivity index (χ0) is 19.1. The third-order valence-electron chi connectivity index (χ3n) is 1.59. The predicted molar refractivity (Wildman–Crippen MR) is 91.3 cm³/mol. The van der Waals surface area contributed by atoms with Crippen LogP contribution in [0.5, 0.6) is 0 Å². The number of ether oxygens (including phenoxy) is 1. The van der Waals surface area contributed by atoms with E-state index in [0.29, 0.717) is 13.0 Å². The highest BCUT2D eigenvalue weighted by atomic mass is 31.0. The number of alkyl halides is 2. The van der Waals surface area contributed by atoms with Crippen LogP contribution < -0.4 is 11.1 Å². The van der Waals surface area contributed by atoms with Crippen molar-refractivity contribution in [2.75, 3.05) is 20.7 Å². The fraction of sp³-hybridized carbons (Fsp3) is 0.643. The summed E-state index contributed by atoms with van der Waals surface area (Å²) in [5, 5.41) is 2.52. The summed E-state index contributed by atoms with van der Waals surface area (Å²) in [6.07, 6.45) is 3.76. The number of aldehydes is 1. The van der Waals surface area contributed by atoms with Gasteiger partial charge in [-0.05, 0) is 20.4 Å². The van der Waals surface area contributed by atoms with Crippen LogP contribution in [-0.2, 0) is 19.1 Å². The van der Waals surface area contributed by atoms with Crippen LogP contribution in [0.3, 0.4) is 0 Å². The maximum absolute atomic E-state index is 10.8. The van der Waals surface area contributed by atoms with E-state index < -0.39 is 12.1 Å². The van der Waals surface area contributed by atoms with E-state index >= 15 is 0 Å². The Morgan fingerprint density at radius 1 is 1.35 bits per heavy atom. The minimum Gasteiger partial charge on any atom is -0.469 e. The Balaban J connectivity index is -0.000000136. The molecule has 0 aromatic carbocycles. The number of carbonyl (C=O) groups excluding carboxylic acids is 3. The number of esters is 1. The Morgan fingerprint density at radius 2 is 1.83 bits per heavy atom. The molecule has 3 N–H and O–H groups in total. The minimum atomic E-state index is -2.25. The Bertz CT molecular complexity index is 302. The summed E-state index contributed by atoms with van der Waals surface area (Å²) >= 11 is 0. The quantitative estimate of drug-likeness (QED) is 0.248. The number of unbranched alkanes of at least 4 members (excludes halogenated alkanes) is 1. The van der Waals surface area contributed by atoms with Crippen LogP contribution in [-0.4, -0.2) is 45.0 Å². The molecule has 0 fully saturated rings. The lowest BCUT2D eigenvalue weighted by Gasteiger charge is -1.99. The molecular weight excluding hydrogens is 329 g/mol. The number of rotatable bonds is 6. The van der Waals surface area contributed by atoms with E-state index in [4.69, 9.17) is 0 Å². The maximum Gasteiger partial charge on any atom is 0.315 e. The summed E-state index contributed by atoms with van der Waals surface area (Å²) in [6, 6.07) is 0. The molecule has 0 aromatic heterocycles. The first-order valence-electron chi connectivity index (χ1n) is 6.85. The largest absolute Gasteiger partial charge is 0.469 e. The molecule has 9 heteroatoms. The molecule has 0 aliphatic heterocycles. The summed E-state index contributed by atoms with van der Waals surface area (Å²) < 4.78 is 24.9. The lowest BCUT2D eigenvalue weighted by atomic mass is 10.4. The van der Waals surface area contributed by atoms with Crippen molar-refractivity contribution in [3.8, 4) is 0 Å². The number of nitrogens with two attached hydrogens (primary N) is 1. The van der Waals surface area contributed by atoms with Gasteiger partial charge in [0.25, 0.3) is 0 Å². The Morgan fingerprint density at radius 3 is 2.09 bits per heavy atom. The van der Waals surface area contributed by atoms with E-state index in [2.05, 4.69) is 15.8 Å². The second-order valence-corrected chi connectivity index (χ2v) is 3.92. The molecule has 0 rings (SSSR count). The number of nitrogens with one attached hydrogen (secondary N) is 1. The number of amides is 1. The molecule has 0 bridgehead atoms. The first-order valence-corrected chi connectivity index (χ1v) is 7.52. The van der Waals surface area contributed by atoms with Gasteiger partial charge in [-0.15, -0.1) is 0 Å². The molecule has 23 heavy (non-hydrogen) atoms. The van der Waals surface area contributed by atoms with Crippen LogP contribution in [0.15, 0.2) is 12.2 Å². The van der Waals surface area contributed by atoms with Crippen molar-refractivity contribution < 1.29 is 27.9 Å². The topological polar surface area (TPSA) is 98.5 Å². The minimum absolute atomic E-state index is 0.214. The highest BCUT2D eigenvalue weighted by Crippen LogP contribution is 1.98. The van der Waals surface area contributed by atoms with Crippen molar-refractivity contribution in [3.05, 3.63) is 12.2 Å². The smallest absolute Gasteiger partial charge is 0.315 e. The summed E-state index contributed by atoms with van der Waals surface area (Å²) in [4.78, 5) is 30.8. The van der Waals surface area contributed by atoms with E-state index in [-0.39, 0.29) is 12.3 Å². The molecule has 138 valence electrons. The highest BCUT2D eigenvalue weighted by Gasteiger charge is 2.06. The fourth-order valence-corrected chi connectivity index (χ4v) is 0.674. The average molecular weight is 358 g/mol. The first-order chi connectivity index (χ1) is 10.8. The SMILES string of the molecule is C/C=C/CNC(=O)CC(=O)OC.CCCC=O.CN.FC(F)P. The van der Waals surface area contributed by atoms with Gasteiger partial charge >= 0.3 is 5.97 Å². The molecule has 1 atom stereocenters. The van der Waals surface area contributed by atoms with Crippen molar-refractivity contribution in [2.45, 2.75) is 39.3 Å². The van der Waals surface area contributed by atoms with Gasteiger partial charge in [0.05, 0.1) is 7.11 Å². The predicted octanol–water partition coefficient (Wildman–Crippen LogP) is 1.89. The van der Waals surface area contributed by atoms with E-state index in [9.17, 15) is 23.2 Å². The van der Waals surface area contributed by atoms with Gasteiger partial charge in [-0.25, -0.2) is 8.78 Å². The molecule has 0 aliphatic carbocycles. The van der Waals surface area contributed by atoms with Crippen LogP contribution in [0.4, 0.5) is 8.78 Å².